The van der Waals surface area contributed by atoms with E-state index in [0.717, 1.165) is 37.3 Å². The summed E-state index contributed by atoms with van der Waals surface area (Å²) < 4.78 is 5.47. The number of amides is 2. The van der Waals surface area contributed by atoms with Crippen LogP contribution in [0.1, 0.15) is 35.6 Å². The van der Waals surface area contributed by atoms with Crippen LogP contribution >= 0.6 is 11.3 Å². The number of piperidine rings is 1. The van der Waals surface area contributed by atoms with Crippen LogP contribution in [0.25, 0.3) is 0 Å². The van der Waals surface area contributed by atoms with Crippen molar-refractivity contribution in [3.63, 3.8) is 0 Å². The highest BCUT2D eigenvalue weighted by molar-refractivity contribution is 7.08. The largest absolute Gasteiger partial charge is 0.456 e. The minimum atomic E-state index is -0.433. The number of thiophene rings is 1. The topological polar surface area (TPSA) is 53.8 Å². The average Bonchev–Trinajstić information content (AvgIpc) is 3.31. The van der Waals surface area contributed by atoms with E-state index in [2.05, 4.69) is 0 Å². The minimum absolute atomic E-state index is 0.107. The van der Waals surface area contributed by atoms with Crippen LogP contribution < -0.4 is 4.90 Å². The smallest absolute Gasteiger partial charge is 0.289 e. The Kier molecular flexibility index (Phi) is 3.72. The van der Waals surface area contributed by atoms with Gasteiger partial charge in [-0.15, -0.1) is 0 Å². The van der Waals surface area contributed by atoms with Gasteiger partial charge in [0, 0.05) is 25.0 Å². The maximum Gasteiger partial charge on any atom is 0.289 e. The Balaban J connectivity index is 1.54. The minimum Gasteiger partial charge on any atom is -0.456 e. The standard InChI is InChI=1S/C18H20N2O3S/c1-13-3-4-15(23-13)16(21)19-8-2-6-18(12-19)7-9-20(17(18)22)14-5-10-24-11-14/h3-5,10-11H,2,6-9,12H2,1H3/t18-/m0/s1. The summed E-state index contributed by atoms with van der Waals surface area (Å²) >= 11 is 1.60. The number of likely N-dealkylation sites (tertiary alicyclic amines) is 1. The lowest BCUT2D eigenvalue weighted by Crippen LogP contribution is -2.49. The molecular formula is C18H20N2O3S. The van der Waals surface area contributed by atoms with Crippen molar-refractivity contribution in [1.82, 2.24) is 4.90 Å². The molecule has 5 nitrogen and oxygen atoms in total. The van der Waals surface area contributed by atoms with E-state index in [9.17, 15) is 9.59 Å². The summed E-state index contributed by atoms with van der Waals surface area (Å²) in [5, 5.41) is 4.00. The van der Waals surface area contributed by atoms with E-state index < -0.39 is 5.41 Å². The molecule has 2 aromatic heterocycles. The number of anilines is 1. The van der Waals surface area contributed by atoms with Crippen molar-refractivity contribution in [1.29, 1.82) is 0 Å². The molecule has 0 aliphatic carbocycles. The lowest BCUT2D eigenvalue weighted by Gasteiger charge is -2.38. The van der Waals surface area contributed by atoms with Gasteiger partial charge in [-0.1, -0.05) is 0 Å². The molecule has 24 heavy (non-hydrogen) atoms. The van der Waals surface area contributed by atoms with Gasteiger partial charge in [0.2, 0.25) is 5.91 Å². The summed E-state index contributed by atoms with van der Waals surface area (Å²) in [4.78, 5) is 29.4. The van der Waals surface area contributed by atoms with Crippen LogP contribution in [0.4, 0.5) is 5.69 Å². The van der Waals surface area contributed by atoms with E-state index in [-0.39, 0.29) is 11.8 Å². The lowest BCUT2D eigenvalue weighted by atomic mass is 9.78. The second-order valence-electron chi connectivity index (χ2n) is 6.71. The van der Waals surface area contributed by atoms with Crippen molar-refractivity contribution < 1.29 is 14.0 Å². The first kappa shape index (κ1) is 15.4. The first-order valence-electron chi connectivity index (χ1n) is 8.29. The number of aryl methyl sites for hydroxylation is 1. The molecule has 0 aromatic carbocycles. The molecule has 1 spiro atoms. The molecule has 2 fully saturated rings. The third-order valence-electron chi connectivity index (χ3n) is 5.15. The van der Waals surface area contributed by atoms with E-state index in [4.69, 9.17) is 4.42 Å². The second kappa shape index (κ2) is 5.77. The van der Waals surface area contributed by atoms with Gasteiger partial charge in [0.25, 0.3) is 5.91 Å². The SMILES string of the molecule is Cc1ccc(C(=O)N2CCC[C@]3(CCN(c4ccsc4)C3=O)C2)o1. The first-order valence-corrected chi connectivity index (χ1v) is 9.23. The molecule has 6 heteroatoms. The van der Waals surface area contributed by atoms with Crippen molar-refractivity contribution in [2.45, 2.75) is 26.2 Å². The Morgan fingerprint density at radius 2 is 2.12 bits per heavy atom. The molecule has 4 rings (SSSR count). The monoisotopic (exact) mass is 344 g/mol. The van der Waals surface area contributed by atoms with Gasteiger partial charge in [0.05, 0.1) is 11.1 Å². The number of nitrogens with zero attached hydrogens (tertiary/aromatic N) is 2. The van der Waals surface area contributed by atoms with Crippen molar-refractivity contribution in [3.8, 4) is 0 Å². The molecule has 2 aliphatic rings. The highest BCUT2D eigenvalue weighted by Crippen LogP contribution is 2.42. The summed E-state index contributed by atoms with van der Waals surface area (Å²) in [5.74, 6) is 1.15. The van der Waals surface area contributed by atoms with Crippen LogP contribution in [0.5, 0.6) is 0 Å². The Morgan fingerprint density at radius 1 is 1.25 bits per heavy atom. The molecule has 2 aromatic rings. The van der Waals surface area contributed by atoms with Gasteiger partial charge in [-0.3, -0.25) is 9.59 Å². The van der Waals surface area contributed by atoms with Crippen LogP contribution in [0.2, 0.25) is 0 Å². The molecule has 0 bridgehead atoms. The van der Waals surface area contributed by atoms with Gasteiger partial charge in [-0.2, -0.15) is 11.3 Å². The van der Waals surface area contributed by atoms with Crippen molar-refractivity contribution in [3.05, 3.63) is 40.5 Å². The molecule has 0 saturated carbocycles. The van der Waals surface area contributed by atoms with Crippen LogP contribution in [0.3, 0.4) is 0 Å². The summed E-state index contributed by atoms with van der Waals surface area (Å²) in [7, 11) is 0. The molecule has 1 atom stereocenters. The van der Waals surface area contributed by atoms with Crippen LogP contribution in [0.15, 0.2) is 33.4 Å². The predicted molar refractivity (Wildman–Crippen MR) is 92.3 cm³/mol. The van der Waals surface area contributed by atoms with E-state index >= 15 is 0 Å². The van der Waals surface area contributed by atoms with Gasteiger partial charge in [0.1, 0.15) is 5.76 Å². The fourth-order valence-electron chi connectivity index (χ4n) is 3.87. The first-order chi connectivity index (χ1) is 11.6. The molecule has 2 aliphatic heterocycles. The van der Waals surface area contributed by atoms with E-state index in [1.807, 2.05) is 28.7 Å². The van der Waals surface area contributed by atoms with Gasteiger partial charge in [-0.25, -0.2) is 0 Å². The zero-order chi connectivity index (χ0) is 16.7. The predicted octanol–water partition coefficient (Wildman–Crippen LogP) is 3.31. The lowest BCUT2D eigenvalue weighted by molar-refractivity contribution is -0.127. The zero-order valence-electron chi connectivity index (χ0n) is 13.7. The highest BCUT2D eigenvalue weighted by atomic mass is 32.1. The molecule has 4 heterocycles. The Hall–Kier alpha value is -2.08. The van der Waals surface area contributed by atoms with Crippen LogP contribution in [-0.2, 0) is 4.79 Å². The number of carbonyl (C=O) groups excluding carboxylic acids is 2. The summed E-state index contributed by atoms with van der Waals surface area (Å²) in [6.07, 6.45) is 2.52. The number of rotatable bonds is 2. The summed E-state index contributed by atoms with van der Waals surface area (Å²) in [5.41, 5.74) is 0.546. The molecule has 0 unspecified atom stereocenters. The third kappa shape index (κ3) is 2.45. The van der Waals surface area contributed by atoms with Crippen LogP contribution in [0, 0.1) is 12.3 Å². The molecule has 0 N–H and O–H groups in total. The van der Waals surface area contributed by atoms with E-state index in [0.29, 0.717) is 18.8 Å². The molecule has 2 amide bonds. The van der Waals surface area contributed by atoms with Gasteiger partial charge in [0.15, 0.2) is 5.76 Å². The molecule has 2 saturated heterocycles. The quantitative estimate of drug-likeness (QED) is 0.840. The Labute approximate surface area is 144 Å². The van der Waals surface area contributed by atoms with Crippen molar-refractivity contribution >= 4 is 28.8 Å². The Bertz CT molecular complexity index is 767. The number of carbonyl (C=O) groups is 2. The highest BCUT2D eigenvalue weighted by Gasteiger charge is 2.50. The normalized spacial score (nSPS) is 24.1. The fraction of sp³-hybridized carbons (Fsp3) is 0.444. The summed E-state index contributed by atoms with van der Waals surface area (Å²) in [6, 6.07) is 5.50. The number of furan rings is 1. The average molecular weight is 344 g/mol. The molecular weight excluding hydrogens is 324 g/mol. The summed E-state index contributed by atoms with van der Waals surface area (Å²) in [6.45, 7) is 3.74. The second-order valence-corrected chi connectivity index (χ2v) is 7.49. The van der Waals surface area contributed by atoms with E-state index in [1.165, 1.54) is 0 Å². The maximum absolute atomic E-state index is 13.1. The number of hydrogen-bond donors (Lipinski definition) is 0. The van der Waals surface area contributed by atoms with E-state index in [1.54, 1.807) is 28.4 Å². The van der Waals surface area contributed by atoms with Crippen molar-refractivity contribution in [2.75, 3.05) is 24.5 Å². The zero-order valence-corrected chi connectivity index (χ0v) is 14.5. The van der Waals surface area contributed by atoms with Gasteiger partial charge in [-0.05, 0) is 49.8 Å². The third-order valence-corrected chi connectivity index (χ3v) is 5.82. The van der Waals surface area contributed by atoms with Gasteiger partial charge >= 0.3 is 0 Å². The number of hydrogen-bond acceptors (Lipinski definition) is 4. The van der Waals surface area contributed by atoms with Crippen molar-refractivity contribution in [2.24, 2.45) is 5.41 Å². The fourth-order valence-corrected chi connectivity index (χ4v) is 4.51. The van der Waals surface area contributed by atoms with Gasteiger partial charge < -0.3 is 14.2 Å². The molecule has 126 valence electrons. The Morgan fingerprint density at radius 3 is 2.83 bits per heavy atom. The van der Waals surface area contributed by atoms with Crippen LogP contribution in [-0.4, -0.2) is 36.3 Å². The molecule has 0 radical (unpaired) electrons. The maximum atomic E-state index is 13.1.